The lowest BCUT2D eigenvalue weighted by Crippen LogP contribution is -1.94. The van der Waals surface area contributed by atoms with Crippen molar-refractivity contribution in [3.8, 4) is 33.9 Å². The smallest absolute Gasteiger partial charge is 0.0625 e. The number of aromatic nitrogens is 6. The lowest BCUT2D eigenvalue weighted by atomic mass is 9.97. The number of para-hydroxylation sites is 8. The number of nitrogens with one attached hydrogen (secondary N) is 2. The molecule has 6 heterocycles. The van der Waals surface area contributed by atoms with Gasteiger partial charge < -0.3 is 28.2 Å². The first-order valence-electron chi connectivity index (χ1n) is 48.3. The lowest BCUT2D eigenvalue weighted by Gasteiger charge is -2.12. The molecule has 0 radical (unpaired) electrons. The number of hydrogen-bond acceptors (Lipinski definition) is 0. The predicted octanol–water partition coefficient (Wildman–Crippen LogP) is 38.1. The quantitative estimate of drug-likeness (QED) is 0.161. The number of aromatic amines is 2. The summed E-state index contributed by atoms with van der Waals surface area (Å²) in [6, 6.07) is 185. The minimum absolute atomic E-state index is 0.756. The molecule has 8 heteroatoms. The van der Waals surface area contributed by atoms with Crippen molar-refractivity contribution < 1.29 is 0 Å². The van der Waals surface area contributed by atoms with E-state index in [1.807, 2.05) is 12.1 Å². The topological polar surface area (TPSA) is 51.3 Å². The Hall–Kier alpha value is -17.9. The van der Waals surface area contributed by atoms with E-state index in [2.05, 4.69) is 554 Å². The Labute approximate surface area is 831 Å². The van der Waals surface area contributed by atoms with E-state index in [1.54, 1.807) is 0 Å². The molecule has 0 saturated carbocycles. The molecule has 0 aliphatic rings. The normalized spacial score (nSPS) is 11.6. The fraction of sp³-hybridized carbons (Fsp3) is 0. The second-order valence-corrected chi connectivity index (χ2v) is 37.7. The summed E-state index contributed by atoms with van der Waals surface area (Å²) in [6.07, 6.45) is 0. The highest BCUT2D eigenvalue weighted by atomic mass is 79.9. The summed E-state index contributed by atoms with van der Waals surface area (Å²) in [7, 11) is 0. The van der Waals surface area contributed by atoms with Crippen LogP contribution in [0.25, 0.3) is 251 Å². The molecule has 0 fully saturated rings. The number of fused-ring (bicyclic) bond motifs is 36. The van der Waals surface area contributed by atoms with E-state index < -0.39 is 0 Å². The zero-order chi connectivity index (χ0) is 94.2. The van der Waals surface area contributed by atoms with E-state index in [0.29, 0.717) is 0 Å². The van der Waals surface area contributed by atoms with Crippen LogP contribution < -0.4 is 0 Å². The van der Waals surface area contributed by atoms with Gasteiger partial charge in [-0.2, -0.15) is 0 Å². The van der Waals surface area contributed by atoms with Crippen LogP contribution in [0.4, 0.5) is 0 Å². The largest absolute Gasteiger partial charge is 0.354 e. The molecule has 668 valence electrons. The number of nitrogens with zero attached hydrogens (tertiary/aromatic N) is 4. The van der Waals surface area contributed by atoms with Crippen molar-refractivity contribution in [2.75, 3.05) is 0 Å². The second-order valence-electron chi connectivity index (χ2n) is 36.4. The number of halogens is 2. The van der Waals surface area contributed by atoms with Crippen molar-refractivity contribution in [2.45, 2.75) is 0 Å². The van der Waals surface area contributed by atoms with Crippen LogP contribution in [-0.4, -0.2) is 28.2 Å². The Bertz CT molecular complexity index is 10300. The molecule has 0 bridgehead atoms. The van der Waals surface area contributed by atoms with Gasteiger partial charge in [0.2, 0.25) is 0 Å². The van der Waals surface area contributed by atoms with Crippen LogP contribution in [0.3, 0.4) is 0 Å². The SMILES string of the molecule is Brc1ccc2c(c1)c1c3ccccc3ccc1n2-c1ccccc1.Clc1ccc(-c2ccc3c(c2)c2c4ccccc4ccc2n3-c2ccccc2)cc1.c1ccc(-n2c3ccccc3c3c4ccccc4c4ccccc4c32)cc1.c1ccc(-n2c3ccccc3c3c4ccccc4ccc32)cc1.c1ccc2c(c1)[nH]c1c3ccccc3c3ccccc3c21.c1ccc2c(c1)ccc1[nH]c3ccccc3c12. The third kappa shape index (κ3) is 14.6. The third-order valence-electron chi connectivity index (χ3n) is 28.4. The maximum Gasteiger partial charge on any atom is 0.0625 e. The van der Waals surface area contributed by atoms with E-state index in [1.165, 1.54) is 251 Å². The van der Waals surface area contributed by atoms with Crippen LogP contribution in [0, 0.1) is 0 Å². The molecule has 2 N–H and O–H groups in total. The highest BCUT2D eigenvalue weighted by Gasteiger charge is 2.23. The van der Waals surface area contributed by atoms with Gasteiger partial charge in [-0.25, -0.2) is 0 Å². The molecular weight excluding hydrogens is 1810 g/mol. The highest BCUT2D eigenvalue weighted by molar-refractivity contribution is 9.10. The number of rotatable bonds is 5. The average Bonchev–Trinajstić information content (AvgIpc) is 1.60. The van der Waals surface area contributed by atoms with Crippen LogP contribution in [0.1, 0.15) is 0 Å². The lowest BCUT2D eigenvalue weighted by molar-refractivity contribution is 1.18. The van der Waals surface area contributed by atoms with E-state index >= 15 is 0 Å². The van der Waals surface area contributed by atoms with Gasteiger partial charge in [-0.15, -0.1) is 0 Å². The molecule has 0 aliphatic carbocycles. The summed E-state index contributed by atoms with van der Waals surface area (Å²) >= 11 is 9.74. The zero-order valence-corrected chi connectivity index (χ0v) is 79.5. The molecule has 0 saturated heterocycles. The van der Waals surface area contributed by atoms with Crippen molar-refractivity contribution in [3.63, 3.8) is 0 Å². The van der Waals surface area contributed by atoms with E-state index in [-0.39, 0.29) is 0 Å². The second kappa shape index (κ2) is 35.9. The van der Waals surface area contributed by atoms with Gasteiger partial charge in [-0.1, -0.05) is 410 Å². The Balaban J connectivity index is 0.0000000879. The average molecular weight is 1900 g/mol. The van der Waals surface area contributed by atoms with Crippen molar-refractivity contribution in [2.24, 2.45) is 0 Å². The molecule has 0 unspecified atom stereocenters. The molecule has 6 nitrogen and oxygen atoms in total. The van der Waals surface area contributed by atoms with Gasteiger partial charge in [0.05, 0.1) is 49.7 Å². The molecule has 0 amide bonds. The van der Waals surface area contributed by atoms with Crippen molar-refractivity contribution >= 4 is 245 Å². The maximum atomic E-state index is 6.11. The van der Waals surface area contributed by atoms with Crippen LogP contribution in [-0.2, 0) is 0 Å². The van der Waals surface area contributed by atoms with Gasteiger partial charge in [0.1, 0.15) is 0 Å². The molecule has 0 atom stereocenters. The van der Waals surface area contributed by atoms with Gasteiger partial charge in [0.15, 0.2) is 0 Å². The molecule has 142 heavy (non-hydrogen) atoms. The molecular formula is C134H88BrClN6. The van der Waals surface area contributed by atoms with Gasteiger partial charge in [-0.05, 0) is 226 Å². The summed E-state index contributed by atoms with van der Waals surface area (Å²) in [5, 5.41) is 37.3. The summed E-state index contributed by atoms with van der Waals surface area (Å²) in [5.41, 5.74) is 22.0. The first kappa shape index (κ1) is 84.6. The van der Waals surface area contributed by atoms with Crippen LogP contribution in [0.5, 0.6) is 0 Å². The van der Waals surface area contributed by atoms with Gasteiger partial charge in [0.25, 0.3) is 0 Å². The van der Waals surface area contributed by atoms with Gasteiger partial charge in [-0.3, -0.25) is 0 Å². The molecule has 31 rings (SSSR count). The first-order valence-corrected chi connectivity index (χ1v) is 49.5. The molecule has 0 aliphatic heterocycles. The molecule has 25 aromatic carbocycles. The van der Waals surface area contributed by atoms with E-state index in [0.717, 1.165) is 9.50 Å². The summed E-state index contributed by atoms with van der Waals surface area (Å²) in [6.45, 7) is 0. The summed E-state index contributed by atoms with van der Waals surface area (Å²) in [4.78, 5) is 7.08. The fourth-order valence-electron chi connectivity index (χ4n) is 22.3. The first-order chi connectivity index (χ1) is 70.3. The van der Waals surface area contributed by atoms with Crippen LogP contribution in [0.2, 0.25) is 5.02 Å². The maximum absolute atomic E-state index is 6.11. The number of benzene rings is 25. The van der Waals surface area contributed by atoms with Crippen molar-refractivity contribution in [1.82, 2.24) is 28.2 Å². The number of hydrogen-bond donors (Lipinski definition) is 2. The third-order valence-corrected chi connectivity index (χ3v) is 29.1. The Kier molecular flexibility index (Phi) is 21.4. The van der Waals surface area contributed by atoms with Crippen molar-refractivity contribution in [3.05, 3.63) is 531 Å². The molecule has 6 aromatic heterocycles. The van der Waals surface area contributed by atoms with E-state index in [4.69, 9.17) is 11.6 Å². The number of H-pyrrole nitrogens is 2. The molecule has 0 spiro atoms. The van der Waals surface area contributed by atoms with Crippen LogP contribution in [0.15, 0.2) is 526 Å². The predicted molar refractivity (Wildman–Crippen MR) is 613 cm³/mol. The fourth-order valence-corrected chi connectivity index (χ4v) is 22.8. The zero-order valence-electron chi connectivity index (χ0n) is 77.2. The van der Waals surface area contributed by atoms with Gasteiger partial charge >= 0.3 is 0 Å². The van der Waals surface area contributed by atoms with Crippen LogP contribution >= 0.6 is 27.5 Å². The Morgan fingerprint density at radius 3 is 0.958 bits per heavy atom. The highest BCUT2D eigenvalue weighted by Crippen LogP contribution is 2.47. The summed E-state index contributed by atoms with van der Waals surface area (Å²) < 4.78 is 10.6. The van der Waals surface area contributed by atoms with Gasteiger partial charge in [0, 0.05) is 124 Å². The standard InChI is InChI=1S/C28H18ClN.C26H17N.C22H14BrN.C22H15N.C20H13N.C16H11N/c29-22-14-10-19(11-15-22)21-13-16-26-25(18-21)28-24-9-5-4-6-20(24)12-17-27(28)30(26)23-7-2-1-3-8-23;1-2-10-18(11-3-1)27-24-17-9-8-16-23(24)25-21-14-6-4-12-19(21)20-13-5-7-15-22(20)26(25)27;23-16-11-13-20-19(14-16)22-18-9-5-4-6-15(18)10-12-21(22)24(20)17-7-2-1-3-8-17;1-2-9-17(10-3-1)23-20-13-7-6-12-19(20)22-18-11-5-4-8-16(18)14-15-21(22)23;1-3-9-15-13(7-1)14-8-2-4-10-16(14)20-19(15)17-11-5-6-12-18(17)21-20;1-2-6-12-11(5-1)9-10-15-16(12)13-7-3-4-8-14(13)17-15/h1-18H;1-17H;1-14H;1-15H;1-12,21H;1-10,17H. The van der Waals surface area contributed by atoms with Crippen molar-refractivity contribution in [1.29, 1.82) is 0 Å². The summed E-state index contributed by atoms with van der Waals surface area (Å²) in [5.74, 6) is 0. The minimum atomic E-state index is 0.756. The molecule has 31 aromatic rings. The monoisotopic (exact) mass is 1890 g/mol. The Morgan fingerprint density at radius 1 is 0.169 bits per heavy atom. The van der Waals surface area contributed by atoms with E-state index in [9.17, 15) is 0 Å². The Morgan fingerprint density at radius 2 is 0.472 bits per heavy atom. The minimum Gasteiger partial charge on any atom is -0.354 e.